The van der Waals surface area contributed by atoms with Gasteiger partial charge in [-0.2, -0.15) is 0 Å². The number of hydrogen-bond acceptors (Lipinski definition) is 0. The molecule has 23 heavy (non-hydrogen) atoms. The molecule has 2 aromatic carbocycles. The maximum absolute atomic E-state index is 3.76. The molecule has 0 N–H and O–H groups in total. The number of hydrogen-bond donors (Lipinski definition) is 0. The summed E-state index contributed by atoms with van der Waals surface area (Å²) in [5.74, 6) is 0. The predicted molar refractivity (Wildman–Crippen MR) is 115 cm³/mol. The van der Waals surface area contributed by atoms with Crippen molar-refractivity contribution in [2.45, 2.75) is 48.0 Å². The van der Waals surface area contributed by atoms with Gasteiger partial charge in [0.25, 0.3) is 0 Å². The van der Waals surface area contributed by atoms with E-state index < -0.39 is 0 Å². The molecule has 0 unspecified atom stereocenters. The van der Waals surface area contributed by atoms with Crippen molar-refractivity contribution in [1.82, 2.24) is 0 Å². The van der Waals surface area contributed by atoms with Gasteiger partial charge in [0.05, 0.1) is 0 Å². The van der Waals surface area contributed by atoms with Crippen LogP contribution >= 0.6 is 63.7 Å². The first-order valence-electron chi connectivity index (χ1n) is 7.46. The van der Waals surface area contributed by atoms with Crippen LogP contribution in [0.1, 0.15) is 44.5 Å². The van der Waals surface area contributed by atoms with Gasteiger partial charge in [-0.15, -0.1) is 0 Å². The van der Waals surface area contributed by atoms with Gasteiger partial charge in [-0.25, -0.2) is 0 Å². The second kappa shape index (κ2) is 7.31. The van der Waals surface area contributed by atoms with Crippen molar-refractivity contribution in [3.8, 4) is 0 Å². The molecule has 0 aliphatic heterocycles. The van der Waals surface area contributed by atoms with E-state index in [1.54, 1.807) is 0 Å². The van der Waals surface area contributed by atoms with E-state index >= 15 is 0 Å². The number of halogens is 4. The Bertz CT molecular complexity index is 678. The standard InChI is InChI=1S/C19H20Br4/c1-8-14(9(2)17(21)12(5)16(8)20)7-15-10(3)18(22)13(6)19(23)11(15)4/h7H2,1-6H3. The average Bonchev–Trinajstić information content (AvgIpc) is 2.54. The highest BCUT2D eigenvalue weighted by molar-refractivity contribution is 9.11. The molecule has 0 spiro atoms. The Morgan fingerprint density at radius 2 is 0.652 bits per heavy atom. The predicted octanol–water partition coefficient (Wildman–Crippen LogP) is 8.18. The molecule has 2 aromatic rings. The van der Waals surface area contributed by atoms with Crippen molar-refractivity contribution in [1.29, 1.82) is 0 Å². The topological polar surface area (TPSA) is 0 Å². The lowest BCUT2D eigenvalue weighted by Crippen LogP contribution is -2.05. The van der Waals surface area contributed by atoms with Crippen molar-refractivity contribution < 1.29 is 0 Å². The molecule has 0 amide bonds. The summed E-state index contributed by atoms with van der Waals surface area (Å²) in [7, 11) is 0. The van der Waals surface area contributed by atoms with Crippen molar-refractivity contribution in [2.75, 3.05) is 0 Å². The van der Waals surface area contributed by atoms with Crippen LogP contribution in [0.4, 0.5) is 0 Å². The van der Waals surface area contributed by atoms with Gasteiger partial charge in [-0.05, 0) is 92.5 Å². The molecule has 4 heteroatoms. The Labute approximate surface area is 173 Å². The molecule has 0 heterocycles. The van der Waals surface area contributed by atoms with Crippen LogP contribution in [0.25, 0.3) is 0 Å². The van der Waals surface area contributed by atoms with E-state index in [0.29, 0.717) is 0 Å². The van der Waals surface area contributed by atoms with E-state index in [-0.39, 0.29) is 0 Å². The third-order valence-corrected chi connectivity index (χ3v) is 9.56. The van der Waals surface area contributed by atoms with Crippen molar-refractivity contribution in [2.24, 2.45) is 0 Å². The molecule has 0 fully saturated rings. The molecule has 0 aliphatic carbocycles. The van der Waals surface area contributed by atoms with Crippen LogP contribution in [0.3, 0.4) is 0 Å². The molecule has 0 radical (unpaired) electrons. The molecule has 0 nitrogen and oxygen atoms in total. The molecule has 0 atom stereocenters. The van der Waals surface area contributed by atoms with Crippen LogP contribution in [0.15, 0.2) is 17.9 Å². The average molecular weight is 568 g/mol. The van der Waals surface area contributed by atoms with Crippen LogP contribution in [0.5, 0.6) is 0 Å². The summed E-state index contributed by atoms with van der Waals surface area (Å²) in [5, 5.41) is 0. The molecule has 0 saturated heterocycles. The Kier molecular flexibility index (Phi) is 6.25. The first-order chi connectivity index (χ1) is 10.6. The quantitative estimate of drug-likeness (QED) is 0.343. The van der Waals surface area contributed by atoms with E-state index in [1.165, 1.54) is 62.4 Å². The van der Waals surface area contributed by atoms with E-state index in [9.17, 15) is 0 Å². The molecule has 0 saturated carbocycles. The van der Waals surface area contributed by atoms with Crippen LogP contribution in [0.2, 0.25) is 0 Å². The second-order valence-electron chi connectivity index (χ2n) is 6.14. The second-order valence-corrected chi connectivity index (χ2v) is 9.31. The molecular weight excluding hydrogens is 548 g/mol. The third kappa shape index (κ3) is 3.38. The van der Waals surface area contributed by atoms with Crippen molar-refractivity contribution >= 4 is 63.7 Å². The monoisotopic (exact) mass is 564 g/mol. The molecule has 124 valence electrons. The minimum Gasteiger partial charge on any atom is -0.0502 e. The third-order valence-electron chi connectivity index (χ3n) is 4.80. The zero-order valence-electron chi connectivity index (χ0n) is 14.2. The fourth-order valence-electron chi connectivity index (χ4n) is 3.12. The van der Waals surface area contributed by atoms with Gasteiger partial charge < -0.3 is 0 Å². The first-order valence-corrected chi connectivity index (χ1v) is 10.6. The highest BCUT2D eigenvalue weighted by Crippen LogP contribution is 2.39. The zero-order chi connectivity index (χ0) is 17.6. The van der Waals surface area contributed by atoms with Gasteiger partial charge in [0.1, 0.15) is 0 Å². The molecule has 0 aliphatic rings. The van der Waals surface area contributed by atoms with Gasteiger partial charge >= 0.3 is 0 Å². The summed E-state index contributed by atoms with van der Waals surface area (Å²) >= 11 is 15.0. The maximum Gasteiger partial charge on any atom is 0.0248 e. The van der Waals surface area contributed by atoms with Crippen LogP contribution in [-0.2, 0) is 6.42 Å². The Balaban J connectivity index is 2.71. The van der Waals surface area contributed by atoms with E-state index in [1.807, 2.05) is 0 Å². The Hall–Kier alpha value is 0.360. The summed E-state index contributed by atoms with van der Waals surface area (Å²) in [5.41, 5.74) is 10.6. The van der Waals surface area contributed by atoms with Crippen LogP contribution in [-0.4, -0.2) is 0 Å². The largest absolute Gasteiger partial charge is 0.0502 e. The molecule has 0 aromatic heterocycles. The summed E-state index contributed by atoms with van der Waals surface area (Å²) in [4.78, 5) is 0. The lowest BCUT2D eigenvalue weighted by molar-refractivity contribution is 1.04. The van der Waals surface area contributed by atoms with Crippen molar-refractivity contribution in [3.63, 3.8) is 0 Å². The SMILES string of the molecule is Cc1c(Br)c(C)c(Cc2c(C)c(Br)c(C)c(Br)c2C)c(C)c1Br. The van der Waals surface area contributed by atoms with E-state index in [4.69, 9.17) is 0 Å². The van der Waals surface area contributed by atoms with Crippen LogP contribution < -0.4 is 0 Å². The normalized spacial score (nSPS) is 11.2. The van der Waals surface area contributed by atoms with E-state index in [0.717, 1.165) is 6.42 Å². The number of rotatable bonds is 2. The summed E-state index contributed by atoms with van der Waals surface area (Å²) in [6.45, 7) is 13.1. The Morgan fingerprint density at radius 3 is 0.870 bits per heavy atom. The molecular formula is C19H20Br4. The van der Waals surface area contributed by atoms with Crippen molar-refractivity contribution in [3.05, 3.63) is 62.4 Å². The van der Waals surface area contributed by atoms with Gasteiger partial charge in [-0.1, -0.05) is 63.7 Å². The highest BCUT2D eigenvalue weighted by Gasteiger charge is 2.19. The minimum absolute atomic E-state index is 0.935. The maximum atomic E-state index is 3.76. The van der Waals surface area contributed by atoms with E-state index in [2.05, 4.69) is 105 Å². The highest BCUT2D eigenvalue weighted by atomic mass is 79.9. The molecule has 0 bridgehead atoms. The smallest absolute Gasteiger partial charge is 0.0248 e. The summed E-state index contributed by atoms with van der Waals surface area (Å²) < 4.78 is 4.80. The summed E-state index contributed by atoms with van der Waals surface area (Å²) in [6.07, 6.45) is 0.935. The minimum atomic E-state index is 0.935. The zero-order valence-corrected chi connectivity index (χ0v) is 20.6. The van der Waals surface area contributed by atoms with Gasteiger partial charge in [0.15, 0.2) is 0 Å². The Morgan fingerprint density at radius 1 is 0.435 bits per heavy atom. The van der Waals surface area contributed by atoms with Gasteiger partial charge in [-0.3, -0.25) is 0 Å². The fourth-order valence-corrected chi connectivity index (χ4v) is 5.40. The summed E-state index contributed by atoms with van der Waals surface area (Å²) in [6, 6.07) is 0. The lowest BCUT2D eigenvalue weighted by Gasteiger charge is -2.21. The van der Waals surface area contributed by atoms with Crippen LogP contribution in [0, 0.1) is 41.5 Å². The number of benzene rings is 2. The first kappa shape index (κ1) is 19.7. The fraction of sp³-hybridized carbons (Fsp3) is 0.368. The molecule has 2 rings (SSSR count). The lowest BCUT2D eigenvalue weighted by atomic mass is 9.89. The van der Waals surface area contributed by atoms with Gasteiger partial charge in [0, 0.05) is 17.9 Å². The van der Waals surface area contributed by atoms with Gasteiger partial charge in [0.2, 0.25) is 0 Å².